The number of carbonyl (C=O) groups excluding carboxylic acids is 2. The lowest BCUT2D eigenvalue weighted by Gasteiger charge is -2.10. The average Bonchev–Trinajstić information content (AvgIpc) is 2.69. The molecule has 0 fully saturated rings. The number of hydrogen-bond acceptors (Lipinski definition) is 4. The summed E-state index contributed by atoms with van der Waals surface area (Å²) in [7, 11) is 0. The molecule has 0 aliphatic heterocycles. The minimum atomic E-state index is -0.828. The minimum absolute atomic E-state index is 0.0854. The van der Waals surface area contributed by atoms with Crippen molar-refractivity contribution in [1.82, 2.24) is 10.7 Å². The Morgan fingerprint density at radius 2 is 1.89 bits per heavy atom. The van der Waals surface area contributed by atoms with Crippen molar-refractivity contribution in [3.8, 4) is 5.75 Å². The molecule has 0 heterocycles. The van der Waals surface area contributed by atoms with Crippen LogP contribution in [0.15, 0.2) is 47.6 Å². The highest BCUT2D eigenvalue weighted by molar-refractivity contribution is 6.42. The Bertz CT molecular complexity index is 872. The van der Waals surface area contributed by atoms with Crippen molar-refractivity contribution in [3.05, 3.63) is 63.6 Å². The summed E-state index contributed by atoms with van der Waals surface area (Å²) in [5, 5.41) is 7.33. The van der Waals surface area contributed by atoms with Crippen LogP contribution >= 0.6 is 23.2 Å². The van der Waals surface area contributed by atoms with Crippen molar-refractivity contribution in [2.45, 2.75) is 32.9 Å². The van der Waals surface area contributed by atoms with E-state index < -0.39 is 11.8 Å². The monoisotopic (exact) mass is 421 g/mol. The Labute approximate surface area is 173 Å². The van der Waals surface area contributed by atoms with Crippen LogP contribution in [-0.4, -0.2) is 24.1 Å². The van der Waals surface area contributed by atoms with Crippen molar-refractivity contribution in [3.63, 3.8) is 0 Å². The van der Waals surface area contributed by atoms with E-state index in [1.165, 1.54) is 6.21 Å². The number of benzene rings is 2. The van der Waals surface area contributed by atoms with Gasteiger partial charge in [0.2, 0.25) is 0 Å². The van der Waals surface area contributed by atoms with Crippen LogP contribution in [0.5, 0.6) is 5.75 Å². The van der Waals surface area contributed by atoms with Crippen LogP contribution in [-0.2, 0) is 16.2 Å². The number of nitrogens with zero attached hydrogens (tertiary/aromatic N) is 1. The molecule has 0 radical (unpaired) electrons. The van der Waals surface area contributed by atoms with Gasteiger partial charge in [-0.15, -0.1) is 0 Å². The molecule has 0 aliphatic rings. The smallest absolute Gasteiger partial charge is 0.329 e. The maximum Gasteiger partial charge on any atom is 0.329 e. The number of hydrogen-bond donors (Lipinski definition) is 2. The highest BCUT2D eigenvalue weighted by Gasteiger charge is 2.14. The van der Waals surface area contributed by atoms with E-state index in [-0.39, 0.29) is 12.6 Å². The van der Waals surface area contributed by atoms with Crippen LogP contribution < -0.4 is 15.5 Å². The number of nitrogens with one attached hydrogen (secondary N) is 2. The van der Waals surface area contributed by atoms with Crippen LogP contribution in [0.4, 0.5) is 0 Å². The van der Waals surface area contributed by atoms with Gasteiger partial charge in [-0.2, -0.15) is 5.10 Å². The van der Waals surface area contributed by atoms with E-state index in [1.54, 1.807) is 24.3 Å². The Morgan fingerprint density at radius 1 is 1.14 bits per heavy atom. The fourth-order valence-electron chi connectivity index (χ4n) is 2.11. The molecule has 0 aromatic heterocycles. The van der Waals surface area contributed by atoms with Gasteiger partial charge >= 0.3 is 11.8 Å². The SMILES string of the molecule is CC[C@H](C)NC(=O)C(=O)N/N=C\c1ccccc1OCc1ccc(Cl)c(Cl)c1. The van der Waals surface area contributed by atoms with E-state index in [2.05, 4.69) is 15.8 Å². The van der Waals surface area contributed by atoms with Crippen molar-refractivity contribution < 1.29 is 14.3 Å². The Kier molecular flexibility index (Phi) is 8.29. The number of ether oxygens (including phenoxy) is 1. The van der Waals surface area contributed by atoms with E-state index in [4.69, 9.17) is 27.9 Å². The predicted molar refractivity (Wildman–Crippen MR) is 111 cm³/mol. The molecule has 6 nitrogen and oxygen atoms in total. The summed E-state index contributed by atoms with van der Waals surface area (Å²) in [6.07, 6.45) is 2.14. The third kappa shape index (κ3) is 6.55. The predicted octanol–water partition coefficient (Wildman–Crippen LogP) is 3.94. The second kappa shape index (κ2) is 10.7. The van der Waals surface area contributed by atoms with Gasteiger partial charge in [0.25, 0.3) is 0 Å². The second-order valence-electron chi connectivity index (χ2n) is 6.06. The second-order valence-corrected chi connectivity index (χ2v) is 6.87. The van der Waals surface area contributed by atoms with E-state index in [9.17, 15) is 9.59 Å². The van der Waals surface area contributed by atoms with Crippen LogP contribution in [0.3, 0.4) is 0 Å². The molecule has 28 heavy (non-hydrogen) atoms. The highest BCUT2D eigenvalue weighted by Crippen LogP contribution is 2.24. The lowest BCUT2D eigenvalue weighted by atomic mass is 10.2. The summed E-state index contributed by atoms with van der Waals surface area (Å²) in [5.41, 5.74) is 3.71. The maximum absolute atomic E-state index is 11.7. The molecule has 0 spiro atoms. The zero-order chi connectivity index (χ0) is 20.5. The summed E-state index contributed by atoms with van der Waals surface area (Å²) in [5.74, 6) is -0.989. The van der Waals surface area contributed by atoms with Crippen LogP contribution in [0.1, 0.15) is 31.4 Å². The minimum Gasteiger partial charge on any atom is -0.488 e. The number of amides is 2. The first kappa shape index (κ1) is 21.7. The van der Waals surface area contributed by atoms with Crippen molar-refractivity contribution in [1.29, 1.82) is 0 Å². The number of halogens is 2. The molecule has 8 heteroatoms. The molecule has 2 rings (SSSR count). The molecule has 1 atom stereocenters. The van der Waals surface area contributed by atoms with E-state index >= 15 is 0 Å². The number of hydrazone groups is 1. The summed E-state index contributed by atoms with van der Waals surface area (Å²) < 4.78 is 5.81. The fourth-order valence-corrected chi connectivity index (χ4v) is 2.43. The normalized spacial score (nSPS) is 11.9. The van der Waals surface area contributed by atoms with E-state index in [0.29, 0.717) is 21.4 Å². The van der Waals surface area contributed by atoms with E-state index in [1.807, 2.05) is 32.0 Å². The molecular weight excluding hydrogens is 401 g/mol. The zero-order valence-electron chi connectivity index (χ0n) is 15.5. The molecular formula is C20H21Cl2N3O3. The third-order valence-electron chi connectivity index (χ3n) is 3.86. The van der Waals surface area contributed by atoms with Gasteiger partial charge in [0.1, 0.15) is 12.4 Å². The van der Waals surface area contributed by atoms with Gasteiger partial charge in [-0.3, -0.25) is 9.59 Å². The molecule has 0 unspecified atom stereocenters. The molecule has 2 aromatic carbocycles. The molecule has 2 aromatic rings. The average molecular weight is 422 g/mol. The van der Waals surface area contributed by atoms with E-state index in [0.717, 1.165) is 12.0 Å². The van der Waals surface area contributed by atoms with Gasteiger partial charge in [0.15, 0.2) is 0 Å². The van der Waals surface area contributed by atoms with Crippen LogP contribution in [0.25, 0.3) is 0 Å². The topological polar surface area (TPSA) is 79.8 Å². The summed E-state index contributed by atoms with van der Waals surface area (Å²) in [6, 6.07) is 12.4. The fraction of sp³-hybridized carbons (Fsp3) is 0.250. The van der Waals surface area contributed by atoms with Crippen LogP contribution in [0, 0.1) is 0 Å². The van der Waals surface area contributed by atoms with Gasteiger partial charge in [0.05, 0.1) is 16.3 Å². The van der Waals surface area contributed by atoms with Gasteiger partial charge < -0.3 is 10.1 Å². The Morgan fingerprint density at radius 3 is 2.61 bits per heavy atom. The Balaban J connectivity index is 1.97. The zero-order valence-corrected chi connectivity index (χ0v) is 17.1. The molecule has 0 saturated heterocycles. The van der Waals surface area contributed by atoms with Crippen molar-refractivity contribution in [2.75, 3.05) is 0 Å². The summed E-state index contributed by atoms with van der Waals surface area (Å²) in [4.78, 5) is 23.4. The molecule has 0 saturated carbocycles. The first-order valence-corrected chi connectivity index (χ1v) is 9.46. The summed E-state index contributed by atoms with van der Waals surface area (Å²) >= 11 is 11.9. The van der Waals surface area contributed by atoms with Gasteiger partial charge in [0, 0.05) is 11.6 Å². The number of para-hydroxylation sites is 1. The molecule has 2 N–H and O–H groups in total. The highest BCUT2D eigenvalue weighted by atomic mass is 35.5. The molecule has 148 valence electrons. The standard InChI is InChI=1S/C20H21Cl2N3O3/c1-3-13(2)24-19(26)20(27)25-23-11-15-6-4-5-7-18(15)28-12-14-8-9-16(21)17(22)10-14/h4-11,13H,3,12H2,1-2H3,(H,24,26)(H,25,27)/b23-11-/t13-/m0/s1. The maximum atomic E-state index is 11.7. The van der Waals surface area contributed by atoms with Crippen molar-refractivity contribution in [2.24, 2.45) is 5.10 Å². The molecule has 0 aliphatic carbocycles. The largest absolute Gasteiger partial charge is 0.488 e. The van der Waals surface area contributed by atoms with Gasteiger partial charge in [-0.05, 0) is 43.2 Å². The first-order chi connectivity index (χ1) is 13.4. The quantitative estimate of drug-likeness (QED) is 0.403. The molecule has 0 bridgehead atoms. The van der Waals surface area contributed by atoms with Gasteiger partial charge in [-0.1, -0.05) is 48.3 Å². The number of rotatable bonds is 7. The van der Waals surface area contributed by atoms with Crippen LogP contribution in [0.2, 0.25) is 10.0 Å². The van der Waals surface area contributed by atoms with Gasteiger partial charge in [-0.25, -0.2) is 5.43 Å². The lowest BCUT2D eigenvalue weighted by Crippen LogP contribution is -2.41. The lowest BCUT2D eigenvalue weighted by molar-refractivity contribution is -0.139. The Hall–Kier alpha value is -2.57. The third-order valence-corrected chi connectivity index (χ3v) is 4.60. The summed E-state index contributed by atoms with van der Waals surface area (Å²) in [6.45, 7) is 4.01. The molecule has 2 amide bonds. The first-order valence-electron chi connectivity index (χ1n) is 8.70. The number of carbonyl (C=O) groups is 2. The van der Waals surface area contributed by atoms with Crippen molar-refractivity contribution >= 4 is 41.2 Å².